The molecule has 1 atom stereocenters. The summed E-state index contributed by atoms with van der Waals surface area (Å²) in [6.07, 6.45) is 0.810. The predicted octanol–water partition coefficient (Wildman–Crippen LogP) is 3.32. The van der Waals surface area contributed by atoms with Crippen LogP contribution in [0.15, 0.2) is 48.5 Å². The molecule has 3 rings (SSSR count). The van der Waals surface area contributed by atoms with Gasteiger partial charge in [-0.2, -0.15) is 0 Å². The van der Waals surface area contributed by atoms with Gasteiger partial charge in [0.2, 0.25) is 0 Å². The van der Waals surface area contributed by atoms with Gasteiger partial charge in [0, 0.05) is 17.7 Å². The zero-order valence-electron chi connectivity index (χ0n) is 10.9. The highest BCUT2D eigenvalue weighted by molar-refractivity contribution is 5.94. The van der Waals surface area contributed by atoms with Gasteiger partial charge in [0.1, 0.15) is 5.75 Å². The van der Waals surface area contributed by atoms with Crippen LogP contribution in [0.25, 0.3) is 0 Å². The Morgan fingerprint density at radius 3 is 2.75 bits per heavy atom. The molecule has 0 saturated heterocycles. The van der Waals surface area contributed by atoms with Gasteiger partial charge in [-0.3, -0.25) is 0 Å². The third kappa shape index (κ3) is 2.32. The highest BCUT2D eigenvalue weighted by Crippen LogP contribution is 2.34. The predicted molar refractivity (Wildman–Crippen MR) is 76.3 cm³/mol. The summed E-state index contributed by atoms with van der Waals surface area (Å²) in [4.78, 5) is 11.2. The molecule has 2 aromatic carbocycles. The Morgan fingerprint density at radius 2 is 1.90 bits per heavy atom. The summed E-state index contributed by atoms with van der Waals surface area (Å²) in [6.45, 7) is 0.629. The van der Waals surface area contributed by atoms with Gasteiger partial charge in [-0.15, -0.1) is 0 Å². The van der Waals surface area contributed by atoms with E-state index >= 15 is 0 Å². The first-order valence-electron chi connectivity index (χ1n) is 6.56. The third-order valence-electron chi connectivity index (χ3n) is 3.45. The van der Waals surface area contributed by atoms with Crippen molar-refractivity contribution in [1.82, 2.24) is 0 Å². The molecule has 1 aliphatic rings. The number of carboxylic acids is 1. The molecule has 0 fully saturated rings. The van der Waals surface area contributed by atoms with Crippen molar-refractivity contribution in [3.63, 3.8) is 0 Å². The Hall–Kier alpha value is -2.49. The molecule has 4 nitrogen and oxygen atoms in total. The normalized spacial score (nSPS) is 16.9. The van der Waals surface area contributed by atoms with Crippen molar-refractivity contribution < 1.29 is 14.6 Å². The molecule has 4 heteroatoms. The SMILES string of the molecule is O=C(O)c1ccccc1NC1CCOc2ccccc21. The number of hydrogen-bond donors (Lipinski definition) is 2. The van der Waals surface area contributed by atoms with Crippen LogP contribution in [-0.2, 0) is 0 Å². The van der Waals surface area contributed by atoms with Crippen LogP contribution < -0.4 is 10.1 Å². The number of carbonyl (C=O) groups is 1. The number of rotatable bonds is 3. The minimum atomic E-state index is -0.923. The first kappa shape index (κ1) is 12.5. The van der Waals surface area contributed by atoms with Crippen LogP contribution in [0.1, 0.15) is 28.4 Å². The molecule has 0 radical (unpaired) electrons. The minimum Gasteiger partial charge on any atom is -0.493 e. The summed E-state index contributed by atoms with van der Waals surface area (Å²) in [5.74, 6) is -0.0579. The van der Waals surface area contributed by atoms with Crippen molar-refractivity contribution in [3.05, 3.63) is 59.7 Å². The summed E-state index contributed by atoms with van der Waals surface area (Å²) >= 11 is 0. The number of anilines is 1. The smallest absolute Gasteiger partial charge is 0.337 e. The van der Waals surface area contributed by atoms with E-state index in [0.29, 0.717) is 12.3 Å². The maximum absolute atomic E-state index is 11.2. The molecule has 102 valence electrons. The van der Waals surface area contributed by atoms with Gasteiger partial charge >= 0.3 is 5.97 Å². The average Bonchev–Trinajstić information content (AvgIpc) is 2.48. The number of para-hydroxylation sites is 2. The van der Waals surface area contributed by atoms with Gasteiger partial charge in [-0.1, -0.05) is 30.3 Å². The van der Waals surface area contributed by atoms with Crippen LogP contribution in [0.5, 0.6) is 5.75 Å². The molecule has 2 N–H and O–H groups in total. The molecule has 0 aliphatic carbocycles. The zero-order valence-corrected chi connectivity index (χ0v) is 10.9. The van der Waals surface area contributed by atoms with E-state index in [4.69, 9.17) is 4.74 Å². The molecule has 2 aromatic rings. The molecular weight excluding hydrogens is 254 g/mol. The molecule has 0 saturated carbocycles. The number of benzene rings is 2. The number of hydrogen-bond acceptors (Lipinski definition) is 3. The quantitative estimate of drug-likeness (QED) is 0.897. The maximum atomic E-state index is 11.2. The fraction of sp³-hybridized carbons (Fsp3) is 0.188. The van der Waals surface area contributed by atoms with E-state index in [-0.39, 0.29) is 11.6 Å². The van der Waals surface area contributed by atoms with E-state index in [0.717, 1.165) is 17.7 Å². The first-order chi connectivity index (χ1) is 9.75. The van der Waals surface area contributed by atoms with Crippen molar-refractivity contribution in [2.45, 2.75) is 12.5 Å². The summed E-state index contributed by atoms with van der Waals surface area (Å²) in [6, 6.07) is 14.9. The van der Waals surface area contributed by atoms with Gasteiger partial charge in [0.05, 0.1) is 18.2 Å². The van der Waals surface area contributed by atoms with Crippen LogP contribution in [-0.4, -0.2) is 17.7 Å². The standard InChI is InChI=1S/C16H15NO3/c18-16(19)12-6-1-3-7-13(12)17-14-9-10-20-15-8-4-2-5-11(14)15/h1-8,14,17H,9-10H2,(H,18,19). The highest BCUT2D eigenvalue weighted by Gasteiger charge is 2.22. The van der Waals surface area contributed by atoms with E-state index in [1.165, 1.54) is 0 Å². The zero-order chi connectivity index (χ0) is 13.9. The van der Waals surface area contributed by atoms with E-state index < -0.39 is 5.97 Å². The molecule has 0 bridgehead atoms. The van der Waals surface area contributed by atoms with Crippen molar-refractivity contribution in [2.75, 3.05) is 11.9 Å². The number of ether oxygens (including phenoxy) is 1. The Kier molecular flexibility index (Phi) is 3.29. The molecule has 1 unspecified atom stereocenters. The molecule has 1 heterocycles. The van der Waals surface area contributed by atoms with Crippen molar-refractivity contribution in [3.8, 4) is 5.75 Å². The molecule has 20 heavy (non-hydrogen) atoms. The molecule has 0 amide bonds. The fourth-order valence-corrected chi connectivity index (χ4v) is 2.48. The molecule has 1 aliphatic heterocycles. The summed E-state index contributed by atoms with van der Waals surface area (Å²) in [5.41, 5.74) is 2.00. The number of aromatic carboxylic acids is 1. The number of fused-ring (bicyclic) bond motifs is 1. The van der Waals surface area contributed by atoms with Crippen molar-refractivity contribution in [1.29, 1.82) is 0 Å². The lowest BCUT2D eigenvalue weighted by Crippen LogP contribution is -2.21. The second-order valence-electron chi connectivity index (χ2n) is 4.72. The fourth-order valence-electron chi connectivity index (χ4n) is 2.48. The average molecular weight is 269 g/mol. The largest absolute Gasteiger partial charge is 0.493 e. The monoisotopic (exact) mass is 269 g/mol. The van der Waals surface area contributed by atoms with Crippen molar-refractivity contribution in [2.24, 2.45) is 0 Å². The Morgan fingerprint density at radius 1 is 1.15 bits per heavy atom. The van der Waals surface area contributed by atoms with Gasteiger partial charge in [0.25, 0.3) is 0 Å². The second-order valence-corrected chi connectivity index (χ2v) is 4.72. The van der Waals surface area contributed by atoms with Gasteiger partial charge in [-0.25, -0.2) is 4.79 Å². The number of carboxylic acid groups (broad SMARTS) is 1. The third-order valence-corrected chi connectivity index (χ3v) is 3.45. The van der Waals surface area contributed by atoms with Crippen LogP contribution in [0.4, 0.5) is 5.69 Å². The molecular formula is C16H15NO3. The lowest BCUT2D eigenvalue weighted by Gasteiger charge is -2.27. The van der Waals surface area contributed by atoms with Gasteiger partial charge in [-0.05, 0) is 18.2 Å². The van der Waals surface area contributed by atoms with Crippen LogP contribution in [0, 0.1) is 0 Å². The van der Waals surface area contributed by atoms with E-state index in [1.807, 2.05) is 30.3 Å². The van der Waals surface area contributed by atoms with E-state index in [9.17, 15) is 9.90 Å². The topological polar surface area (TPSA) is 58.6 Å². The van der Waals surface area contributed by atoms with Gasteiger partial charge < -0.3 is 15.2 Å². The maximum Gasteiger partial charge on any atom is 0.337 e. The van der Waals surface area contributed by atoms with E-state index in [1.54, 1.807) is 18.2 Å². The summed E-state index contributed by atoms with van der Waals surface area (Å²) in [5, 5.41) is 12.6. The lowest BCUT2D eigenvalue weighted by molar-refractivity contribution is 0.0698. The first-order valence-corrected chi connectivity index (χ1v) is 6.56. The van der Waals surface area contributed by atoms with Crippen LogP contribution in [0.2, 0.25) is 0 Å². The van der Waals surface area contributed by atoms with Crippen molar-refractivity contribution >= 4 is 11.7 Å². The second kappa shape index (κ2) is 5.25. The Bertz CT molecular complexity index is 639. The summed E-state index contributed by atoms with van der Waals surface area (Å²) < 4.78 is 5.61. The van der Waals surface area contributed by atoms with Crippen LogP contribution >= 0.6 is 0 Å². The van der Waals surface area contributed by atoms with Gasteiger partial charge in [0.15, 0.2) is 0 Å². The highest BCUT2D eigenvalue weighted by atomic mass is 16.5. The minimum absolute atomic E-state index is 0.0699. The number of nitrogens with one attached hydrogen (secondary N) is 1. The Labute approximate surface area is 117 Å². The van der Waals surface area contributed by atoms with Crippen LogP contribution in [0.3, 0.4) is 0 Å². The molecule has 0 spiro atoms. The Balaban J connectivity index is 1.92. The van der Waals surface area contributed by atoms with E-state index in [2.05, 4.69) is 5.32 Å². The summed E-state index contributed by atoms with van der Waals surface area (Å²) in [7, 11) is 0. The molecule has 0 aromatic heterocycles. The lowest BCUT2D eigenvalue weighted by atomic mass is 9.99.